The summed E-state index contributed by atoms with van der Waals surface area (Å²) < 4.78 is 1.04. The number of hydrogen-bond donors (Lipinski definition) is 0. The summed E-state index contributed by atoms with van der Waals surface area (Å²) in [5, 5.41) is -0.530. The number of thiophene rings is 1. The van der Waals surface area contributed by atoms with Crippen LogP contribution in [-0.4, -0.2) is 23.9 Å². The third-order valence-corrected chi connectivity index (χ3v) is 6.01. The average molecular weight is 351 g/mol. The Kier molecular flexibility index (Phi) is 5.10. The average Bonchev–Trinajstić information content (AvgIpc) is 2.61. The molecule has 0 spiro atoms. The largest absolute Gasteiger partial charge is 0.341 e. The molecule has 1 aliphatic rings. The normalized spacial score (nSPS) is 18.5. The lowest BCUT2D eigenvalue weighted by Gasteiger charge is -2.22. The van der Waals surface area contributed by atoms with E-state index in [1.807, 2.05) is 17.9 Å². The Morgan fingerprint density at radius 1 is 1.39 bits per heavy atom. The van der Waals surface area contributed by atoms with Crippen molar-refractivity contribution in [1.82, 2.24) is 4.90 Å². The van der Waals surface area contributed by atoms with Crippen LogP contribution in [0.5, 0.6) is 0 Å². The molecule has 0 radical (unpaired) electrons. The lowest BCUT2D eigenvalue weighted by molar-refractivity contribution is -0.130. The first-order chi connectivity index (χ1) is 8.59. The fourth-order valence-electron chi connectivity index (χ4n) is 2.18. The minimum Gasteiger partial charge on any atom is -0.341 e. The predicted molar refractivity (Wildman–Crippen MR) is 80.4 cm³/mol. The molecule has 0 saturated carbocycles. The number of alkyl halides is 1. The molecule has 1 unspecified atom stereocenters. The molecule has 1 aromatic heterocycles. The van der Waals surface area contributed by atoms with Gasteiger partial charge in [0.25, 0.3) is 0 Å². The molecule has 0 aromatic carbocycles. The Balaban J connectivity index is 2.07. The van der Waals surface area contributed by atoms with Gasteiger partial charge in [-0.2, -0.15) is 0 Å². The Morgan fingerprint density at radius 2 is 2.00 bits per heavy atom. The van der Waals surface area contributed by atoms with Crippen molar-refractivity contribution in [3.63, 3.8) is 0 Å². The maximum atomic E-state index is 12.4. The van der Waals surface area contributed by atoms with Crippen LogP contribution >= 0.6 is 38.9 Å². The van der Waals surface area contributed by atoms with Crippen LogP contribution in [0.2, 0.25) is 0 Å². The van der Waals surface area contributed by atoms with Gasteiger partial charge in [0.05, 0.1) is 0 Å². The molecule has 0 N–H and O–H groups in total. The summed E-state index contributed by atoms with van der Waals surface area (Å²) in [6.45, 7) is 3.74. The van der Waals surface area contributed by atoms with Crippen molar-refractivity contribution in [2.45, 2.75) is 38.0 Å². The SMILES string of the molecule is Cc1sc(C(Cl)C(=O)N2CCCCCC2)cc1Br. The van der Waals surface area contributed by atoms with E-state index in [4.69, 9.17) is 11.6 Å². The van der Waals surface area contributed by atoms with Gasteiger partial charge in [0.2, 0.25) is 5.91 Å². The Morgan fingerprint density at radius 3 is 2.50 bits per heavy atom. The number of amides is 1. The molecule has 1 fully saturated rings. The summed E-state index contributed by atoms with van der Waals surface area (Å²) in [6, 6.07) is 1.97. The van der Waals surface area contributed by atoms with Crippen LogP contribution in [0.4, 0.5) is 0 Å². The van der Waals surface area contributed by atoms with Gasteiger partial charge >= 0.3 is 0 Å². The van der Waals surface area contributed by atoms with E-state index in [1.165, 1.54) is 17.7 Å². The van der Waals surface area contributed by atoms with Crippen molar-refractivity contribution in [2.75, 3.05) is 13.1 Å². The molecule has 0 bridgehead atoms. The van der Waals surface area contributed by atoms with Crippen LogP contribution in [0.25, 0.3) is 0 Å². The monoisotopic (exact) mass is 349 g/mol. The number of nitrogens with zero attached hydrogens (tertiary/aromatic N) is 1. The van der Waals surface area contributed by atoms with Crippen molar-refractivity contribution in [2.24, 2.45) is 0 Å². The Hall–Kier alpha value is -0.0600. The minimum atomic E-state index is -0.530. The van der Waals surface area contributed by atoms with E-state index in [1.54, 1.807) is 11.3 Å². The highest BCUT2D eigenvalue weighted by molar-refractivity contribution is 9.10. The molecule has 1 saturated heterocycles. The molecule has 1 amide bonds. The van der Waals surface area contributed by atoms with E-state index in [9.17, 15) is 4.79 Å². The number of halogens is 2. The van der Waals surface area contributed by atoms with Gasteiger partial charge in [-0.05, 0) is 41.8 Å². The predicted octanol–water partition coefficient (Wildman–Crippen LogP) is 4.50. The van der Waals surface area contributed by atoms with Crippen LogP contribution in [0.3, 0.4) is 0 Å². The molecular formula is C13H17BrClNOS. The van der Waals surface area contributed by atoms with Crippen LogP contribution in [0, 0.1) is 6.92 Å². The number of carbonyl (C=O) groups excluding carboxylic acids is 1. The van der Waals surface area contributed by atoms with Gasteiger partial charge in [-0.15, -0.1) is 22.9 Å². The van der Waals surface area contributed by atoms with Gasteiger partial charge in [-0.25, -0.2) is 0 Å². The Labute approximate surface area is 125 Å². The third-order valence-electron chi connectivity index (χ3n) is 3.26. The topological polar surface area (TPSA) is 20.3 Å². The molecule has 1 aromatic rings. The minimum absolute atomic E-state index is 0.0623. The summed E-state index contributed by atoms with van der Waals surface area (Å²) in [5.74, 6) is 0.0623. The fraction of sp³-hybridized carbons (Fsp3) is 0.615. The van der Waals surface area contributed by atoms with Gasteiger partial charge in [0.1, 0.15) is 5.38 Å². The second kappa shape index (κ2) is 6.40. The van der Waals surface area contributed by atoms with E-state index < -0.39 is 5.38 Å². The Bertz CT molecular complexity index is 407. The second-order valence-electron chi connectivity index (χ2n) is 4.65. The van der Waals surface area contributed by atoms with Crippen molar-refractivity contribution in [3.05, 3.63) is 20.3 Å². The van der Waals surface area contributed by atoms with E-state index in [0.717, 1.165) is 35.3 Å². The number of carbonyl (C=O) groups is 1. The first kappa shape index (κ1) is 14.4. The number of hydrogen-bond acceptors (Lipinski definition) is 2. The molecule has 2 nitrogen and oxygen atoms in total. The van der Waals surface area contributed by atoms with Gasteiger partial charge < -0.3 is 4.90 Å². The zero-order valence-corrected chi connectivity index (χ0v) is 13.6. The number of rotatable bonds is 2. The van der Waals surface area contributed by atoms with Crippen LogP contribution in [0.1, 0.15) is 40.8 Å². The lowest BCUT2D eigenvalue weighted by Crippen LogP contribution is -2.34. The molecule has 100 valence electrons. The maximum absolute atomic E-state index is 12.4. The van der Waals surface area contributed by atoms with E-state index in [0.29, 0.717) is 0 Å². The van der Waals surface area contributed by atoms with Gasteiger partial charge in [0, 0.05) is 27.3 Å². The number of likely N-dealkylation sites (tertiary alicyclic amines) is 1. The standard InChI is InChI=1S/C13H17BrClNOS/c1-9-10(14)8-11(18-9)12(15)13(17)16-6-4-2-3-5-7-16/h8,12H,2-7H2,1H3. The lowest BCUT2D eigenvalue weighted by atomic mass is 10.2. The van der Waals surface area contributed by atoms with Crippen LogP contribution < -0.4 is 0 Å². The molecule has 5 heteroatoms. The van der Waals surface area contributed by atoms with Gasteiger partial charge in [-0.3, -0.25) is 4.79 Å². The molecule has 1 aliphatic heterocycles. The maximum Gasteiger partial charge on any atom is 0.246 e. The third kappa shape index (κ3) is 3.28. The summed E-state index contributed by atoms with van der Waals surface area (Å²) in [7, 11) is 0. The van der Waals surface area contributed by atoms with Gasteiger partial charge in [0.15, 0.2) is 0 Å². The molecule has 2 rings (SSSR count). The molecule has 18 heavy (non-hydrogen) atoms. The summed E-state index contributed by atoms with van der Waals surface area (Å²) >= 11 is 11.4. The van der Waals surface area contributed by atoms with Crippen LogP contribution in [0.15, 0.2) is 10.5 Å². The van der Waals surface area contributed by atoms with E-state index in [2.05, 4.69) is 15.9 Å². The molecule has 0 aliphatic carbocycles. The second-order valence-corrected chi connectivity index (χ2v) is 7.23. The fourth-order valence-corrected chi connectivity index (χ4v) is 4.05. The smallest absolute Gasteiger partial charge is 0.246 e. The quantitative estimate of drug-likeness (QED) is 0.719. The van der Waals surface area contributed by atoms with Crippen molar-refractivity contribution >= 4 is 44.8 Å². The van der Waals surface area contributed by atoms with Crippen molar-refractivity contribution in [3.8, 4) is 0 Å². The highest BCUT2D eigenvalue weighted by Crippen LogP contribution is 2.34. The zero-order chi connectivity index (χ0) is 13.1. The first-order valence-corrected chi connectivity index (χ1v) is 8.33. The van der Waals surface area contributed by atoms with Crippen LogP contribution in [-0.2, 0) is 4.79 Å². The van der Waals surface area contributed by atoms with E-state index in [-0.39, 0.29) is 5.91 Å². The van der Waals surface area contributed by atoms with E-state index >= 15 is 0 Å². The molecular weight excluding hydrogens is 334 g/mol. The molecule has 1 atom stereocenters. The summed E-state index contributed by atoms with van der Waals surface area (Å²) in [6.07, 6.45) is 4.64. The van der Waals surface area contributed by atoms with Crippen molar-refractivity contribution < 1.29 is 4.79 Å². The van der Waals surface area contributed by atoms with Gasteiger partial charge in [-0.1, -0.05) is 12.8 Å². The first-order valence-electron chi connectivity index (χ1n) is 6.28. The summed E-state index contributed by atoms with van der Waals surface area (Å²) in [5.41, 5.74) is 0. The summed E-state index contributed by atoms with van der Waals surface area (Å²) in [4.78, 5) is 16.4. The molecule has 2 heterocycles. The van der Waals surface area contributed by atoms with Crippen molar-refractivity contribution in [1.29, 1.82) is 0 Å². The highest BCUT2D eigenvalue weighted by atomic mass is 79.9. The number of aryl methyl sites for hydroxylation is 1. The zero-order valence-electron chi connectivity index (χ0n) is 10.4. The highest BCUT2D eigenvalue weighted by Gasteiger charge is 2.26.